The van der Waals surface area contributed by atoms with Crippen LogP contribution in [-0.2, 0) is 11.3 Å². The summed E-state index contributed by atoms with van der Waals surface area (Å²) >= 11 is 3.39. The van der Waals surface area contributed by atoms with Crippen molar-refractivity contribution in [2.24, 2.45) is 0 Å². The molecule has 14 heavy (non-hydrogen) atoms. The SMILES string of the molecule is CCOCc1cc2cc(Br)cnc2[nH]1. The van der Waals surface area contributed by atoms with Gasteiger partial charge in [-0.3, -0.25) is 0 Å². The smallest absolute Gasteiger partial charge is 0.137 e. The normalized spacial score (nSPS) is 11.0. The van der Waals surface area contributed by atoms with Crippen molar-refractivity contribution in [3.8, 4) is 0 Å². The highest BCUT2D eigenvalue weighted by molar-refractivity contribution is 9.10. The molecule has 0 aliphatic carbocycles. The maximum atomic E-state index is 5.31. The van der Waals surface area contributed by atoms with Crippen LogP contribution >= 0.6 is 15.9 Å². The summed E-state index contributed by atoms with van der Waals surface area (Å²) in [6.07, 6.45) is 1.78. The fourth-order valence-electron chi connectivity index (χ4n) is 1.34. The van der Waals surface area contributed by atoms with Crippen molar-refractivity contribution in [1.82, 2.24) is 9.97 Å². The molecule has 2 aromatic rings. The molecule has 0 saturated carbocycles. The predicted molar refractivity (Wildman–Crippen MR) is 59.1 cm³/mol. The van der Waals surface area contributed by atoms with Crippen molar-refractivity contribution in [2.45, 2.75) is 13.5 Å². The summed E-state index contributed by atoms with van der Waals surface area (Å²) in [5, 5.41) is 1.11. The third-order valence-electron chi connectivity index (χ3n) is 1.95. The average Bonchev–Trinajstić information content (AvgIpc) is 2.56. The number of fused-ring (bicyclic) bond motifs is 1. The van der Waals surface area contributed by atoms with Gasteiger partial charge in [0, 0.05) is 28.4 Å². The van der Waals surface area contributed by atoms with E-state index in [0.717, 1.165) is 27.8 Å². The molecule has 0 radical (unpaired) electrons. The van der Waals surface area contributed by atoms with Crippen molar-refractivity contribution < 1.29 is 4.74 Å². The van der Waals surface area contributed by atoms with Crippen molar-refractivity contribution in [3.05, 3.63) is 28.5 Å². The van der Waals surface area contributed by atoms with Gasteiger partial charge in [-0.1, -0.05) is 0 Å². The maximum Gasteiger partial charge on any atom is 0.137 e. The molecule has 0 fully saturated rings. The molecule has 0 amide bonds. The average molecular weight is 255 g/mol. The molecule has 2 rings (SSSR count). The minimum atomic E-state index is 0.616. The van der Waals surface area contributed by atoms with Gasteiger partial charge in [-0.25, -0.2) is 4.98 Å². The number of hydrogen-bond donors (Lipinski definition) is 1. The lowest BCUT2D eigenvalue weighted by atomic mass is 10.3. The van der Waals surface area contributed by atoms with Crippen LogP contribution in [0.25, 0.3) is 11.0 Å². The second-order valence-corrected chi connectivity index (χ2v) is 3.94. The van der Waals surface area contributed by atoms with Gasteiger partial charge in [0.2, 0.25) is 0 Å². The van der Waals surface area contributed by atoms with E-state index in [9.17, 15) is 0 Å². The number of nitrogens with zero attached hydrogens (tertiary/aromatic N) is 1. The number of hydrogen-bond acceptors (Lipinski definition) is 2. The van der Waals surface area contributed by atoms with E-state index >= 15 is 0 Å². The highest BCUT2D eigenvalue weighted by Gasteiger charge is 2.01. The van der Waals surface area contributed by atoms with Gasteiger partial charge in [0.1, 0.15) is 5.65 Å². The monoisotopic (exact) mass is 254 g/mol. The van der Waals surface area contributed by atoms with Crippen molar-refractivity contribution in [3.63, 3.8) is 0 Å². The minimum Gasteiger partial charge on any atom is -0.376 e. The molecular weight excluding hydrogens is 244 g/mol. The second kappa shape index (κ2) is 4.11. The number of aromatic nitrogens is 2. The molecule has 2 aromatic heterocycles. The summed E-state index contributed by atoms with van der Waals surface area (Å²) in [6, 6.07) is 4.09. The Balaban J connectivity index is 2.32. The molecule has 0 spiro atoms. The first-order valence-electron chi connectivity index (χ1n) is 4.50. The van der Waals surface area contributed by atoms with Gasteiger partial charge in [0.05, 0.1) is 6.61 Å². The van der Waals surface area contributed by atoms with E-state index in [0.29, 0.717) is 6.61 Å². The molecular formula is C10H11BrN2O. The van der Waals surface area contributed by atoms with Crippen LogP contribution in [0.5, 0.6) is 0 Å². The van der Waals surface area contributed by atoms with E-state index in [1.807, 2.05) is 13.0 Å². The maximum absolute atomic E-state index is 5.31. The lowest BCUT2D eigenvalue weighted by Gasteiger charge is -1.95. The van der Waals surface area contributed by atoms with Crippen molar-refractivity contribution >= 4 is 27.0 Å². The van der Waals surface area contributed by atoms with Gasteiger partial charge in [-0.2, -0.15) is 0 Å². The zero-order valence-electron chi connectivity index (χ0n) is 7.88. The predicted octanol–water partition coefficient (Wildman–Crippen LogP) is 2.86. The summed E-state index contributed by atoms with van der Waals surface area (Å²) < 4.78 is 6.30. The molecule has 0 unspecified atom stereocenters. The summed E-state index contributed by atoms with van der Waals surface area (Å²) in [5.74, 6) is 0. The molecule has 4 heteroatoms. The summed E-state index contributed by atoms with van der Waals surface area (Å²) in [7, 11) is 0. The van der Waals surface area contributed by atoms with Gasteiger partial charge in [-0.05, 0) is 35.0 Å². The highest BCUT2D eigenvalue weighted by Crippen LogP contribution is 2.18. The summed E-state index contributed by atoms with van der Waals surface area (Å²) in [6.45, 7) is 3.33. The Morgan fingerprint density at radius 3 is 3.14 bits per heavy atom. The molecule has 3 nitrogen and oxygen atoms in total. The zero-order valence-corrected chi connectivity index (χ0v) is 9.47. The minimum absolute atomic E-state index is 0.616. The quantitative estimate of drug-likeness (QED) is 0.915. The van der Waals surface area contributed by atoms with Gasteiger partial charge in [0.15, 0.2) is 0 Å². The molecule has 74 valence electrons. The molecule has 1 N–H and O–H groups in total. The van der Waals surface area contributed by atoms with Crippen LogP contribution in [0.2, 0.25) is 0 Å². The van der Waals surface area contributed by atoms with Crippen LogP contribution in [0.3, 0.4) is 0 Å². The molecule has 0 atom stereocenters. The van der Waals surface area contributed by atoms with Crippen LogP contribution in [0.4, 0.5) is 0 Å². The molecule has 0 aromatic carbocycles. The third-order valence-corrected chi connectivity index (χ3v) is 2.39. The molecule has 0 aliphatic rings. The molecule has 0 aliphatic heterocycles. The first kappa shape index (κ1) is 9.68. The lowest BCUT2D eigenvalue weighted by Crippen LogP contribution is -1.91. The van der Waals surface area contributed by atoms with E-state index < -0.39 is 0 Å². The summed E-state index contributed by atoms with van der Waals surface area (Å²) in [5.41, 5.74) is 1.97. The number of ether oxygens (including phenoxy) is 1. The summed E-state index contributed by atoms with van der Waals surface area (Å²) in [4.78, 5) is 7.45. The first-order valence-corrected chi connectivity index (χ1v) is 5.30. The number of nitrogens with one attached hydrogen (secondary N) is 1. The second-order valence-electron chi connectivity index (χ2n) is 3.02. The fraction of sp³-hybridized carbons (Fsp3) is 0.300. The Bertz CT molecular complexity index is 439. The van der Waals surface area contributed by atoms with E-state index in [1.165, 1.54) is 0 Å². The van der Waals surface area contributed by atoms with Gasteiger partial charge in [0.25, 0.3) is 0 Å². The Morgan fingerprint density at radius 1 is 1.50 bits per heavy atom. The van der Waals surface area contributed by atoms with E-state index in [2.05, 4.69) is 32.0 Å². The van der Waals surface area contributed by atoms with Crippen molar-refractivity contribution in [2.75, 3.05) is 6.61 Å². The number of pyridine rings is 1. The Hall–Kier alpha value is -0.870. The van der Waals surface area contributed by atoms with Crippen LogP contribution in [0.15, 0.2) is 22.8 Å². The zero-order chi connectivity index (χ0) is 9.97. The van der Waals surface area contributed by atoms with E-state index in [1.54, 1.807) is 6.20 Å². The Morgan fingerprint density at radius 2 is 2.36 bits per heavy atom. The Labute approximate surface area is 90.6 Å². The van der Waals surface area contributed by atoms with E-state index in [-0.39, 0.29) is 0 Å². The van der Waals surface area contributed by atoms with Crippen LogP contribution in [-0.4, -0.2) is 16.6 Å². The lowest BCUT2D eigenvalue weighted by molar-refractivity contribution is 0.132. The van der Waals surface area contributed by atoms with Crippen LogP contribution in [0, 0.1) is 0 Å². The third kappa shape index (κ3) is 1.96. The molecule has 2 heterocycles. The standard InChI is InChI=1S/C10H11BrN2O/c1-2-14-6-9-4-7-3-8(11)5-12-10(7)13-9/h3-5H,2,6H2,1H3,(H,12,13). The van der Waals surface area contributed by atoms with Crippen molar-refractivity contribution in [1.29, 1.82) is 0 Å². The number of halogens is 1. The van der Waals surface area contributed by atoms with Gasteiger partial charge in [-0.15, -0.1) is 0 Å². The van der Waals surface area contributed by atoms with Crippen LogP contribution < -0.4 is 0 Å². The van der Waals surface area contributed by atoms with E-state index in [4.69, 9.17) is 4.74 Å². The largest absolute Gasteiger partial charge is 0.376 e. The molecule has 0 saturated heterocycles. The fourth-order valence-corrected chi connectivity index (χ4v) is 1.68. The van der Waals surface area contributed by atoms with Gasteiger partial charge < -0.3 is 9.72 Å². The topological polar surface area (TPSA) is 37.9 Å². The van der Waals surface area contributed by atoms with Crippen LogP contribution in [0.1, 0.15) is 12.6 Å². The number of rotatable bonds is 3. The highest BCUT2D eigenvalue weighted by atomic mass is 79.9. The first-order chi connectivity index (χ1) is 6.79. The Kier molecular flexibility index (Phi) is 2.84. The number of aromatic amines is 1. The molecule has 0 bridgehead atoms. The van der Waals surface area contributed by atoms with Gasteiger partial charge >= 0.3 is 0 Å². The number of H-pyrrole nitrogens is 1.